The Morgan fingerprint density at radius 2 is 2.00 bits per heavy atom. The van der Waals surface area contributed by atoms with Gasteiger partial charge in [-0.3, -0.25) is 0 Å². The molecule has 4 nitrogen and oxygen atoms in total. The lowest BCUT2D eigenvalue weighted by atomic mass is 10.1. The molecule has 0 unspecified atom stereocenters. The van der Waals surface area contributed by atoms with Crippen LogP contribution >= 0.6 is 0 Å². The van der Waals surface area contributed by atoms with Crippen LogP contribution in [-0.2, 0) is 11.3 Å². The molecule has 0 saturated heterocycles. The second kappa shape index (κ2) is 6.04. The molecule has 0 radical (unpaired) electrons. The molecule has 5 heteroatoms. The van der Waals surface area contributed by atoms with Gasteiger partial charge < -0.3 is 9.15 Å². The van der Waals surface area contributed by atoms with Gasteiger partial charge in [0.15, 0.2) is 0 Å². The van der Waals surface area contributed by atoms with Gasteiger partial charge in [0.05, 0.1) is 5.56 Å². The molecule has 3 rings (SSSR count). The van der Waals surface area contributed by atoms with E-state index in [1.54, 1.807) is 12.1 Å². The van der Waals surface area contributed by atoms with Crippen molar-refractivity contribution in [3.63, 3.8) is 0 Å². The molecule has 0 aliphatic heterocycles. The van der Waals surface area contributed by atoms with E-state index in [1.165, 1.54) is 24.3 Å². The Balaban J connectivity index is 1.87. The van der Waals surface area contributed by atoms with Gasteiger partial charge in [-0.1, -0.05) is 18.2 Å². The molecule has 116 valence electrons. The Kier molecular flexibility index (Phi) is 3.93. The van der Waals surface area contributed by atoms with Crippen LogP contribution in [0.3, 0.4) is 0 Å². The summed E-state index contributed by atoms with van der Waals surface area (Å²) in [5.41, 5.74) is 1.54. The smallest absolute Gasteiger partial charge is 0.338 e. The maximum atomic E-state index is 13.1. The molecular weight excluding hydrogens is 299 g/mol. The van der Waals surface area contributed by atoms with E-state index in [9.17, 15) is 14.0 Å². The number of rotatable bonds is 3. The minimum Gasteiger partial charge on any atom is -0.457 e. The van der Waals surface area contributed by atoms with Crippen molar-refractivity contribution in [2.45, 2.75) is 13.5 Å². The van der Waals surface area contributed by atoms with Crippen LogP contribution in [-0.4, -0.2) is 5.97 Å². The van der Waals surface area contributed by atoms with Gasteiger partial charge in [-0.05, 0) is 36.8 Å². The van der Waals surface area contributed by atoms with Crippen molar-refractivity contribution in [3.8, 4) is 0 Å². The molecule has 0 N–H and O–H groups in total. The maximum Gasteiger partial charge on any atom is 0.338 e. The van der Waals surface area contributed by atoms with Crippen LogP contribution in [0.25, 0.3) is 11.0 Å². The van der Waals surface area contributed by atoms with Gasteiger partial charge in [-0.15, -0.1) is 0 Å². The zero-order valence-corrected chi connectivity index (χ0v) is 12.3. The Labute approximate surface area is 131 Å². The van der Waals surface area contributed by atoms with Crippen LogP contribution in [0.2, 0.25) is 0 Å². The number of benzene rings is 2. The molecule has 0 aliphatic carbocycles. The van der Waals surface area contributed by atoms with Gasteiger partial charge in [0, 0.05) is 17.0 Å². The Morgan fingerprint density at radius 3 is 2.78 bits per heavy atom. The monoisotopic (exact) mass is 312 g/mol. The first-order chi connectivity index (χ1) is 11.0. The zero-order chi connectivity index (χ0) is 16.4. The highest BCUT2D eigenvalue weighted by Crippen LogP contribution is 2.19. The lowest BCUT2D eigenvalue weighted by Gasteiger charge is -2.08. The third kappa shape index (κ3) is 3.29. The van der Waals surface area contributed by atoms with Gasteiger partial charge in [-0.2, -0.15) is 0 Å². The summed E-state index contributed by atoms with van der Waals surface area (Å²) in [6.45, 7) is 1.79. The molecule has 1 aromatic heterocycles. The third-order valence-electron chi connectivity index (χ3n) is 3.40. The van der Waals surface area contributed by atoms with E-state index in [0.29, 0.717) is 16.5 Å². The van der Waals surface area contributed by atoms with Crippen LogP contribution in [0.1, 0.15) is 21.5 Å². The first-order valence-corrected chi connectivity index (χ1v) is 6.99. The summed E-state index contributed by atoms with van der Waals surface area (Å²) in [7, 11) is 0. The van der Waals surface area contributed by atoms with Crippen molar-refractivity contribution in [1.82, 2.24) is 0 Å². The highest BCUT2D eigenvalue weighted by atomic mass is 19.1. The van der Waals surface area contributed by atoms with Gasteiger partial charge in [0.2, 0.25) is 0 Å². The molecule has 0 bridgehead atoms. The number of esters is 1. The van der Waals surface area contributed by atoms with Crippen LogP contribution in [0.5, 0.6) is 0 Å². The molecule has 1 heterocycles. The molecule has 0 amide bonds. The molecule has 0 fully saturated rings. The van der Waals surface area contributed by atoms with E-state index in [-0.39, 0.29) is 12.2 Å². The second-order valence-electron chi connectivity index (χ2n) is 5.18. The number of hydrogen-bond donors (Lipinski definition) is 0. The largest absolute Gasteiger partial charge is 0.457 e. The standard InChI is InChI=1S/C18H13FO4/c1-11-5-6-15-13(9-17(20)23-16(15)7-11)10-22-18(21)12-3-2-4-14(19)8-12/h2-9H,10H2,1H3. The van der Waals surface area contributed by atoms with Crippen molar-refractivity contribution >= 4 is 16.9 Å². The number of ether oxygens (including phenoxy) is 1. The topological polar surface area (TPSA) is 56.5 Å². The number of hydrogen-bond acceptors (Lipinski definition) is 4. The third-order valence-corrected chi connectivity index (χ3v) is 3.40. The summed E-state index contributed by atoms with van der Waals surface area (Å²) in [5, 5.41) is 0.697. The van der Waals surface area contributed by atoms with E-state index in [0.717, 1.165) is 11.6 Å². The predicted molar refractivity (Wildman–Crippen MR) is 82.7 cm³/mol. The molecule has 23 heavy (non-hydrogen) atoms. The average Bonchev–Trinajstić information content (AvgIpc) is 2.51. The molecule has 0 saturated carbocycles. The van der Waals surface area contributed by atoms with Crippen LogP contribution in [0.15, 0.2) is 57.7 Å². The number of carbonyl (C=O) groups is 1. The van der Waals surface area contributed by atoms with Crippen LogP contribution < -0.4 is 5.63 Å². The van der Waals surface area contributed by atoms with E-state index in [4.69, 9.17) is 9.15 Å². The zero-order valence-electron chi connectivity index (χ0n) is 12.3. The first-order valence-electron chi connectivity index (χ1n) is 6.99. The Morgan fingerprint density at radius 1 is 1.17 bits per heavy atom. The molecule has 2 aromatic carbocycles. The lowest BCUT2D eigenvalue weighted by Crippen LogP contribution is -2.08. The number of aryl methyl sites for hydroxylation is 1. The van der Waals surface area contributed by atoms with E-state index in [1.807, 2.05) is 13.0 Å². The van der Waals surface area contributed by atoms with Gasteiger partial charge >= 0.3 is 11.6 Å². The Bertz CT molecular complexity index is 943. The summed E-state index contributed by atoms with van der Waals surface area (Å²) in [6.07, 6.45) is 0. The van der Waals surface area contributed by atoms with E-state index < -0.39 is 17.4 Å². The number of fused-ring (bicyclic) bond motifs is 1. The summed E-state index contributed by atoms with van der Waals surface area (Å²) < 4.78 is 23.4. The van der Waals surface area contributed by atoms with Crippen molar-refractivity contribution in [3.05, 3.63) is 81.5 Å². The minimum absolute atomic E-state index is 0.0967. The normalized spacial score (nSPS) is 10.7. The Hall–Kier alpha value is -2.95. The van der Waals surface area contributed by atoms with Gasteiger partial charge in [0.1, 0.15) is 18.0 Å². The van der Waals surface area contributed by atoms with Crippen molar-refractivity contribution in [1.29, 1.82) is 0 Å². The molecule has 3 aromatic rings. The van der Waals surface area contributed by atoms with Gasteiger partial charge in [-0.25, -0.2) is 14.0 Å². The van der Waals surface area contributed by atoms with Gasteiger partial charge in [0.25, 0.3) is 0 Å². The van der Waals surface area contributed by atoms with E-state index in [2.05, 4.69) is 0 Å². The molecule has 0 spiro atoms. The fourth-order valence-electron chi connectivity index (χ4n) is 2.30. The van der Waals surface area contributed by atoms with Crippen molar-refractivity contribution in [2.75, 3.05) is 0 Å². The SMILES string of the molecule is Cc1ccc2c(COC(=O)c3cccc(F)c3)cc(=O)oc2c1. The highest BCUT2D eigenvalue weighted by Gasteiger charge is 2.11. The number of halogens is 1. The average molecular weight is 312 g/mol. The fraction of sp³-hybridized carbons (Fsp3) is 0.111. The summed E-state index contributed by atoms with van der Waals surface area (Å²) in [5.74, 6) is -1.17. The summed E-state index contributed by atoms with van der Waals surface area (Å²) >= 11 is 0. The fourth-order valence-corrected chi connectivity index (χ4v) is 2.30. The summed E-state index contributed by atoms with van der Waals surface area (Å²) in [4.78, 5) is 23.6. The molecule has 0 atom stereocenters. The van der Waals surface area contributed by atoms with Crippen molar-refractivity contribution in [2.24, 2.45) is 0 Å². The van der Waals surface area contributed by atoms with Crippen LogP contribution in [0, 0.1) is 12.7 Å². The van der Waals surface area contributed by atoms with E-state index >= 15 is 0 Å². The minimum atomic E-state index is -0.655. The lowest BCUT2D eigenvalue weighted by molar-refractivity contribution is 0.0473. The highest BCUT2D eigenvalue weighted by molar-refractivity contribution is 5.89. The molecule has 0 aliphatic rings. The van der Waals surface area contributed by atoms with Crippen LogP contribution in [0.4, 0.5) is 4.39 Å². The van der Waals surface area contributed by atoms with Crippen molar-refractivity contribution < 1.29 is 18.3 Å². The quantitative estimate of drug-likeness (QED) is 0.548. The second-order valence-corrected chi connectivity index (χ2v) is 5.18. The molecular formula is C18H13FO4. The predicted octanol–water partition coefficient (Wildman–Crippen LogP) is 3.60. The number of carbonyl (C=O) groups excluding carboxylic acids is 1. The first kappa shape index (κ1) is 15.0. The maximum absolute atomic E-state index is 13.1. The summed E-state index contributed by atoms with van der Waals surface area (Å²) in [6, 6.07) is 12.0.